The third-order valence-electron chi connectivity index (χ3n) is 1.37. The van der Waals surface area contributed by atoms with E-state index in [-0.39, 0.29) is 0 Å². The summed E-state index contributed by atoms with van der Waals surface area (Å²) in [6.07, 6.45) is 3.61. The van der Waals surface area contributed by atoms with E-state index in [1.807, 2.05) is 19.9 Å². The first-order valence-corrected chi connectivity index (χ1v) is 4.26. The van der Waals surface area contributed by atoms with Crippen LogP contribution < -0.4 is 11.5 Å². The molecule has 74 valence electrons. The van der Waals surface area contributed by atoms with E-state index in [0.717, 1.165) is 5.57 Å². The van der Waals surface area contributed by atoms with Gasteiger partial charge in [-0.1, -0.05) is 11.6 Å². The van der Waals surface area contributed by atoms with Gasteiger partial charge in [0.1, 0.15) is 5.66 Å². The number of aliphatic imine (C=N–C) groups is 1. The smallest absolute Gasteiger partial charge is 0.104 e. The van der Waals surface area contributed by atoms with Crippen molar-refractivity contribution in [3.05, 3.63) is 24.3 Å². The molecule has 0 aromatic rings. The fourth-order valence-electron chi connectivity index (χ4n) is 0.808. The second-order valence-electron chi connectivity index (χ2n) is 3.52. The van der Waals surface area contributed by atoms with Gasteiger partial charge < -0.3 is 11.5 Å². The van der Waals surface area contributed by atoms with Gasteiger partial charge >= 0.3 is 0 Å². The van der Waals surface area contributed by atoms with Crippen LogP contribution in [0.2, 0.25) is 0 Å². The monoisotopic (exact) mass is 181 g/mol. The average molecular weight is 181 g/mol. The summed E-state index contributed by atoms with van der Waals surface area (Å²) in [7, 11) is 0. The summed E-state index contributed by atoms with van der Waals surface area (Å²) in [4.78, 5) is 4.23. The van der Waals surface area contributed by atoms with Crippen molar-refractivity contribution >= 4 is 5.71 Å². The lowest BCUT2D eigenvalue weighted by molar-refractivity contribution is 0.660. The molecule has 0 atom stereocenters. The molecule has 0 spiro atoms. The lowest BCUT2D eigenvalue weighted by Gasteiger charge is -2.19. The number of allylic oxidation sites excluding steroid dienone is 1. The predicted molar refractivity (Wildman–Crippen MR) is 58.7 cm³/mol. The van der Waals surface area contributed by atoms with E-state index < -0.39 is 5.66 Å². The quantitative estimate of drug-likeness (QED) is 0.389. The highest BCUT2D eigenvalue weighted by Crippen LogP contribution is 2.00. The van der Waals surface area contributed by atoms with Crippen molar-refractivity contribution in [1.29, 1.82) is 0 Å². The third kappa shape index (κ3) is 5.33. The summed E-state index contributed by atoms with van der Waals surface area (Å²) in [6, 6.07) is 0. The van der Waals surface area contributed by atoms with Crippen LogP contribution in [0.4, 0.5) is 0 Å². The standard InChI is InChI=1S/C10H19N3/c1-5-6-13-9(7-8(2)3)10(4,11)12/h5,7H,1,6,11-12H2,2-4H3/b13-9+. The Hall–Kier alpha value is -0.930. The van der Waals surface area contributed by atoms with Gasteiger partial charge in [0.25, 0.3) is 0 Å². The van der Waals surface area contributed by atoms with Crippen molar-refractivity contribution in [2.45, 2.75) is 26.4 Å². The SMILES string of the molecule is C=CC/N=C(\C=C(C)C)C(C)(N)N. The van der Waals surface area contributed by atoms with E-state index >= 15 is 0 Å². The molecule has 0 saturated carbocycles. The third-order valence-corrected chi connectivity index (χ3v) is 1.37. The zero-order chi connectivity index (χ0) is 10.5. The summed E-state index contributed by atoms with van der Waals surface area (Å²) in [6.45, 7) is 9.82. The summed E-state index contributed by atoms with van der Waals surface area (Å²) in [5, 5.41) is 0. The fourth-order valence-corrected chi connectivity index (χ4v) is 0.808. The minimum absolute atomic E-state index is 0.545. The van der Waals surface area contributed by atoms with Gasteiger partial charge in [-0.25, -0.2) is 0 Å². The molecule has 3 nitrogen and oxygen atoms in total. The van der Waals surface area contributed by atoms with Crippen molar-refractivity contribution in [3.63, 3.8) is 0 Å². The minimum Gasteiger partial charge on any atom is -0.309 e. The van der Waals surface area contributed by atoms with Crippen LogP contribution in [0, 0.1) is 0 Å². The molecule has 0 aromatic carbocycles. The van der Waals surface area contributed by atoms with Gasteiger partial charge in [0.15, 0.2) is 0 Å². The van der Waals surface area contributed by atoms with Gasteiger partial charge in [-0.3, -0.25) is 4.99 Å². The van der Waals surface area contributed by atoms with E-state index in [0.29, 0.717) is 12.3 Å². The topological polar surface area (TPSA) is 64.4 Å². The van der Waals surface area contributed by atoms with Gasteiger partial charge in [0, 0.05) is 0 Å². The summed E-state index contributed by atoms with van der Waals surface area (Å²) in [5.74, 6) is 0. The van der Waals surface area contributed by atoms with Crippen LogP contribution in [0.5, 0.6) is 0 Å². The van der Waals surface area contributed by atoms with Crippen LogP contribution >= 0.6 is 0 Å². The Morgan fingerprint density at radius 2 is 2.00 bits per heavy atom. The van der Waals surface area contributed by atoms with Crippen molar-refractivity contribution < 1.29 is 0 Å². The van der Waals surface area contributed by atoms with Crippen molar-refractivity contribution in [1.82, 2.24) is 0 Å². The van der Waals surface area contributed by atoms with Crippen LogP contribution in [-0.2, 0) is 0 Å². The molecule has 13 heavy (non-hydrogen) atoms. The molecule has 3 heteroatoms. The molecule has 0 rings (SSSR count). The Kier molecular flexibility index (Phi) is 4.59. The largest absolute Gasteiger partial charge is 0.309 e. The molecule has 0 heterocycles. The minimum atomic E-state index is -0.875. The van der Waals surface area contributed by atoms with Crippen LogP contribution in [0.25, 0.3) is 0 Å². The Morgan fingerprint density at radius 3 is 2.31 bits per heavy atom. The van der Waals surface area contributed by atoms with Gasteiger partial charge in [0.2, 0.25) is 0 Å². The molecule has 0 aliphatic rings. The molecule has 0 fully saturated rings. The lowest BCUT2D eigenvalue weighted by atomic mass is 10.1. The van der Waals surface area contributed by atoms with Crippen LogP contribution in [-0.4, -0.2) is 17.9 Å². The first-order valence-electron chi connectivity index (χ1n) is 4.26. The number of rotatable bonds is 4. The maximum Gasteiger partial charge on any atom is 0.104 e. The van der Waals surface area contributed by atoms with E-state index in [2.05, 4.69) is 11.6 Å². The van der Waals surface area contributed by atoms with E-state index in [1.165, 1.54) is 0 Å². The summed E-state index contributed by atoms with van der Waals surface area (Å²) >= 11 is 0. The second-order valence-corrected chi connectivity index (χ2v) is 3.52. The zero-order valence-corrected chi connectivity index (χ0v) is 8.67. The fraction of sp³-hybridized carbons (Fsp3) is 0.500. The second kappa shape index (κ2) is 4.94. The zero-order valence-electron chi connectivity index (χ0n) is 8.67. The maximum absolute atomic E-state index is 5.74. The van der Waals surface area contributed by atoms with Gasteiger partial charge in [-0.05, 0) is 26.8 Å². The molecule has 4 N–H and O–H groups in total. The number of nitrogens with two attached hydrogens (primary N) is 2. The molecule has 0 radical (unpaired) electrons. The number of hydrogen-bond donors (Lipinski definition) is 2. The van der Waals surface area contributed by atoms with E-state index in [9.17, 15) is 0 Å². The molecular weight excluding hydrogens is 162 g/mol. The van der Waals surface area contributed by atoms with Crippen molar-refractivity contribution in [2.75, 3.05) is 6.54 Å². The lowest BCUT2D eigenvalue weighted by Crippen LogP contribution is -2.53. The highest BCUT2D eigenvalue weighted by Gasteiger charge is 2.16. The Morgan fingerprint density at radius 1 is 1.46 bits per heavy atom. The number of hydrogen-bond acceptors (Lipinski definition) is 3. The van der Waals surface area contributed by atoms with Crippen molar-refractivity contribution in [3.8, 4) is 0 Å². The highest BCUT2D eigenvalue weighted by molar-refractivity contribution is 6.02. The summed E-state index contributed by atoms with van der Waals surface area (Å²) in [5.41, 5.74) is 12.4. The highest BCUT2D eigenvalue weighted by atomic mass is 15.0. The first kappa shape index (κ1) is 12.1. The molecule has 0 aromatic heterocycles. The van der Waals surface area contributed by atoms with Crippen LogP contribution in [0.15, 0.2) is 29.3 Å². The molecule has 0 aliphatic heterocycles. The molecule has 0 aliphatic carbocycles. The molecule has 0 amide bonds. The Bertz CT molecular complexity index is 227. The van der Waals surface area contributed by atoms with Gasteiger partial charge in [-0.2, -0.15) is 0 Å². The van der Waals surface area contributed by atoms with Crippen LogP contribution in [0.1, 0.15) is 20.8 Å². The Labute approximate surface area is 80.2 Å². The molecular formula is C10H19N3. The first-order chi connectivity index (χ1) is 5.88. The van der Waals surface area contributed by atoms with E-state index in [1.54, 1.807) is 13.0 Å². The molecule has 0 bridgehead atoms. The van der Waals surface area contributed by atoms with Crippen LogP contribution in [0.3, 0.4) is 0 Å². The molecule has 0 unspecified atom stereocenters. The average Bonchev–Trinajstić information content (AvgIpc) is 1.95. The van der Waals surface area contributed by atoms with E-state index in [4.69, 9.17) is 11.5 Å². The summed E-state index contributed by atoms with van der Waals surface area (Å²) < 4.78 is 0. The maximum atomic E-state index is 5.74. The van der Waals surface area contributed by atoms with Gasteiger partial charge in [0.05, 0.1) is 12.3 Å². The van der Waals surface area contributed by atoms with Crippen molar-refractivity contribution in [2.24, 2.45) is 16.5 Å². The van der Waals surface area contributed by atoms with Gasteiger partial charge in [-0.15, -0.1) is 6.58 Å². The molecule has 0 saturated heterocycles. The normalized spacial score (nSPS) is 12.5. The predicted octanol–water partition coefficient (Wildman–Crippen LogP) is 1.21. The number of nitrogens with zero attached hydrogens (tertiary/aromatic N) is 1. The Balaban J connectivity index is 4.76.